The summed E-state index contributed by atoms with van der Waals surface area (Å²) in [5, 5.41) is 10.4. The second kappa shape index (κ2) is 5.76. The molecule has 112 valence electrons. The highest BCUT2D eigenvalue weighted by Gasteiger charge is 2.34. The first-order valence-electron chi connectivity index (χ1n) is 6.50. The zero-order valence-electron chi connectivity index (χ0n) is 11.3. The van der Waals surface area contributed by atoms with Gasteiger partial charge in [0.05, 0.1) is 10.7 Å². The highest BCUT2D eigenvalue weighted by atomic mass is 32.2. The number of anilines is 1. The normalized spacial score (nSPS) is 17.8. The molecule has 1 atom stereocenters. The van der Waals surface area contributed by atoms with Crippen molar-refractivity contribution in [3.8, 4) is 0 Å². The lowest BCUT2D eigenvalue weighted by Gasteiger charge is -2.24. The third-order valence-electron chi connectivity index (χ3n) is 3.36. The summed E-state index contributed by atoms with van der Waals surface area (Å²) in [5.41, 5.74) is 1.41. The largest absolute Gasteiger partial charge is 0.295 e. The van der Waals surface area contributed by atoms with Crippen molar-refractivity contribution in [3.05, 3.63) is 70.0 Å². The Morgan fingerprint density at radius 3 is 2.36 bits per heavy atom. The molecule has 0 spiro atoms. The Labute approximate surface area is 129 Å². The minimum atomic E-state index is -0.464. The maximum absolute atomic E-state index is 13.0. The number of benzene rings is 2. The Kier molecular flexibility index (Phi) is 3.81. The van der Waals surface area contributed by atoms with Crippen molar-refractivity contribution in [2.45, 2.75) is 5.37 Å². The van der Waals surface area contributed by atoms with E-state index in [1.54, 1.807) is 29.2 Å². The van der Waals surface area contributed by atoms with Crippen molar-refractivity contribution in [1.29, 1.82) is 0 Å². The van der Waals surface area contributed by atoms with Crippen LogP contribution in [0.3, 0.4) is 0 Å². The molecule has 2 aromatic carbocycles. The minimum Gasteiger partial charge on any atom is -0.295 e. The van der Waals surface area contributed by atoms with Gasteiger partial charge in [-0.15, -0.1) is 11.8 Å². The molecule has 1 heterocycles. The van der Waals surface area contributed by atoms with Gasteiger partial charge in [-0.25, -0.2) is 4.39 Å². The molecule has 0 radical (unpaired) electrons. The molecular weight excluding hydrogens is 307 g/mol. The van der Waals surface area contributed by atoms with E-state index >= 15 is 0 Å². The SMILES string of the molecule is O=C1CS[C@H](c2ccc([N+](=O)[O-])cc2)N1c1ccc(F)cc1. The number of nitrogens with zero attached hydrogens (tertiary/aromatic N) is 2. The van der Waals surface area contributed by atoms with Crippen molar-refractivity contribution in [2.75, 3.05) is 10.7 Å². The summed E-state index contributed by atoms with van der Waals surface area (Å²) < 4.78 is 13.0. The van der Waals surface area contributed by atoms with Crippen LogP contribution in [-0.2, 0) is 4.79 Å². The number of halogens is 1. The Bertz CT molecular complexity index is 719. The molecule has 0 saturated carbocycles. The zero-order valence-corrected chi connectivity index (χ0v) is 12.1. The fraction of sp³-hybridized carbons (Fsp3) is 0.133. The first-order chi connectivity index (χ1) is 10.6. The van der Waals surface area contributed by atoms with Crippen LogP contribution in [0.2, 0.25) is 0 Å². The number of hydrogen-bond donors (Lipinski definition) is 0. The predicted octanol–water partition coefficient (Wildman–Crippen LogP) is 3.51. The number of carbonyl (C=O) groups is 1. The average molecular weight is 318 g/mol. The Morgan fingerprint density at radius 2 is 1.77 bits per heavy atom. The summed E-state index contributed by atoms with van der Waals surface area (Å²) in [4.78, 5) is 24.0. The molecule has 0 aliphatic carbocycles. The predicted molar refractivity (Wildman–Crippen MR) is 82.2 cm³/mol. The van der Waals surface area contributed by atoms with Crippen LogP contribution in [-0.4, -0.2) is 16.6 Å². The van der Waals surface area contributed by atoms with Crippen LogP contribution >= 0.6 is 11.8 Å². The fourth-order valence-corrected chi connectivity index (χ4v) is 3.49. The van der Waals surface area contributed by atoms with Gasteiger partial charge in [0.25, 0.3) is 5.69 Å². The summed E-state index contributed by atoms with van der Waals surface area (Å²) in [6.07, 6.45) is 0. The van der Waals surface area contributed by atoms with E-state index in [4.69, 9.17) is 0 Å². The second-order valence-electron chi connectivity index (χ2n) is 4.75. The standard InChI is InChI=1S/C15H11FN2O3S/c16-11-3-7-12(8-4-11)17-14(19)9-22-15(17)10-1-5-13(6-2-10)18(20)21/h1-8,15H,9H2/t15-/m1/s1. The van der Waals surface area contributed by atoms with E-state index in [0.29, 0.717) is 11.4 Å². The van der Waals surface area contributed by atoms with Crippen LogP contribution in [0.1, 0.15) is 10.9 Å². The van der Waals surface area contributed by atoms with Crippen LogP contribution in [0.25, 0.3) is 0 Å². The molecule has 1 aliphatic rings. The minimum absolute atomic E-state index is 0.00593. The Morgan fingerprint density at radius 1 is 1.14 bits per heavy atom. The van der Waals surface area contributed by atoms with Crippen LogP contribution < -0.4 is 4.90 Å². The highest BCUT2D eigenvalue weighted by molar-refractivity contribution is 8.00. The molecule has 0 bridgehead atoms. The molecule has 5 nitrogen and oxygen atoms in total. The zero-order chi connectivity index (χ0) is 15.7. The van der Waals surface area contributed by atoms with Gasteiger partial charge in [0, 0.05) is 17.8 Å². The molecular formula is C15H11FN2O3S. The molecule has 1 amide bonds. The van der Waals surface area contributed by atoms with Gasteiger partial charge >= 0.3 is 0 Å². The van der Waals surface area contributed by atoms with Crippen LogP contribution in [0, 0.1) is 15.9 Å². The van der Waals surface area contributed by atoms with E-state index in [0.717, 1.165) is 5.56 Å². The number of nitro groups is 1. The summed E-state index contributed by atoms with van der Waals surface area (Å²) in [6, 6.07) is 11.8. The van der Waals surface area contributed by atoms with Crippen molar-refractivity contribution in [2.24, 2.45) is 0 Å². The Balaban J connectivity index is 1.93. The summed E-state index contributed by atoms with van der Waals surface area (Å²) in [7, 11) is 0. The topological polar surface area (TPSA) is 63.4 Å². The molecule has 3 rings (SSSR count). The number of amides is 1. The van der Waals surface area contributed by atoms with Gasteiger partial charge in [-0.1, -0.05) is 0 Å². The van der Waals surface area contributed by atoms with E-state index in [9.17, 15) is 19.3 Å². The molecule has 1 aliphatic heterocycles. The van der Waals surface area contributed by atoms with E-state index < -0.39 is 4.92 Å². The molecule has 2 aromatic rings. The number of non-ortho nitro benzene ring substituents is 1. The van der Waals surface area contributed by atoms with E-state index in [2.05, 4.69) is 0 Å². The fourth-order valence-electron chi connectivity index (χ4n) is 2.31. The summed E-state index contributed by atoms with van der Waals surface area (Å²) >= 11 is 1.44. The number of hydrogen-bond acceptors (Lipinski definition) is 4. The molecule has 0 aromatic heterocycles. The van der Waals surface area contributed by atoms with Gasteiger partial charge in [0.2, 0.25) is 5.91 Å². The number of rotatable bonds is 3. The lowest BCUT2D eigenvalue weighted by atomic mass is 10.1. The molecule has 7 heteroatoms. The smallest absolute Gasteiger partial charge is 0.269 e. The number of nitro benzene ring substituents is 1. The second-order valence-corrected chi connectivity index (χ2v) is 5.82. The van der Waals surface area contributed by atoms with Gasteiger partial charge in [-0.05, 0) is 42.0 Å². The lowest BCUT2D eigenvalue weighted by molar-refractivity contribution is -0.384. The Hall–Kier alpha value is -2.41. The van der Waals surface area contributed by atoms with Crippen LogP contribution in [0.4, 0.5) is 15.8 Å². The molecule has 22 heavy (non-hydrogen) atoms. The van der Waals surface area contributed by atoms with E-state index in [1.165, 1.54) is 36.0 Å². The molecule has 0 unspecified atom stereocenters. The first kappa shape index (κ1) is 14.5. The molecule has 1 fully saturated rings. The van der Waals surface area contributed by atoms with Crippen molar-refractivity contribution < 1.29 is 14.1 Å². The van der Waals surface area contributed by atoms with Gasteiger partial charge < -0.3 is 0 Å². The van der Waals surface area contributed by atoms with Crippen molar-refractivity contribution in [3.63, 3.8) is 0 Å². The number of thioether (sulfide) groups is 1. The van der Waals surface area contributed by atoms with Crippen molar-refractivity contribution >= 4 is 29.0 Å². The van der Waals surface area contributed by atoms with Gasteiger partial charge in [0.1, 0.15) is 11.2 Å². The van der Waals surface area contributed by atoms with Crippen molar-refractivity contribution in [1.82, 2.24) is 0 Å². The highest BCUT2D eigenvalue weighted by Crippen LogP contribution is 2.41. The summed E-state index contributed by atoms with van der Waals surface area (Å²) in [6.45, 7) is 0. The third-order valence-corrected chi connectivity index (χ3v) is 4.57. The van der Waals surface area contributed by atoms with Crippen LogP contribution in [0.5, 0.6) is 0 Å². The van der Waals surface area contributed by atoms with Gasteiger partial charge in [0.15, 0.2) is 0 Å². The third kappa shape index (κ3) is 2.67. The monoisotopic (exact) mass is 318 g/mol. The van der Waals surface area contributed by atoms with Crippen LogP contribution in [0.15, 0.2) is 48.5 Å². The number of carbonyl (C=O) groups excluding carboxylic acids is 1. The summed E-state index contributed by atoms with van der Waals surface area (Å²) in [5.74, 6) is -0.117. The van der Waals surface area contributed by atoms with E-state index in [1.807, 2.05) is 0 Å². The van der Waals surface area contributed by atoms with Gasteiger partial charge in [-0.2, -0.15) is 0 Å². The van der Waals surface area contributed by atoms with Gasteiger partial charge in [-0.3, -0.25) is 19.8 Å². The molecule has 0 N–H and O–H groups in total. The molecule has 1 saturated heterocycles. The average Bonchev–Trinajstić information content (AvgIpc) is 2.90. The maximum atomic E-state index is 13.0. The lowest BCUT2D eigenvalue weighted by Crippen LogP contribution is -2.27. The quantitative estimate of drug-likeness (QED) is 0.642. The van der Waals surface area contributed by atoms with E-state index in [-0.39, 0.29) is 22.8 Å². The first-order valence-corrected chi connectivity index (χ1v) is 7.55. The maximum Gasteiger partial charge on any atom is 0.269 e.